The molecule has 4 nitrogen and oxygen atoms in total. The van der Waals surface area contributed by atoms with Crippen LogP contribution in [-0.4, -0.2) is 24.4 Å². The number of hydrogen-bond acceptors (Lipinski definition) is 2. The van der Waals surface area contributed by atoms with Gasteiger partial charge in [-0.05, 0) is 56.2 Å². The molecule has 0 aromatic heterocycles. The highest BCUT2D eigenvalue weighted by Crippen LogP contribution is 2.22. The normalized spacial score (nSPS) is 13.7. The third-order valence-corrected chi connectivity index (χ3v) is 3.67. The monoisotopic (exact) mass is 288 g/mol. The highest BCUT2D eigenvalue weighted by atomic mass is 16.2. The summed E-state index contributed by atoms with van der Waals surface area (Å²) in [6.07, 6.45) is 5.09. The van der Waals surface area contributed by atoms with E-state index in [4.69, 9.17) is 0 Å². The molecule has 21 heavy (non-hydrogen) atoms. The fourth-order valence-electron chi connectivity index (χ4n) is 2.70. The van der Waals surface area contributed by atoms with Gasteiger partial charge in [0.1, 0.15) is 0 Å². The lowest BCUT2D eigenvalue weighted by molar-refractivity contribution is -0.126. The average Bonchev–Trinajstić information content (AvgIpc) is 2.44. The van der Waals surface area contributed by atoms with Gasteiger partial charge in [-0.15, -0.1) is 0 Å². The molecule has 0 saturated heterocycles. The summed E-state index contributed by atoms with van der Waals surface area (Å²) in [6, 6.07) is 6.40. The van der Waals surface area contributed by atoms with Gasteiger partial charge < -0.3 is 10.6 Å². The van der Waals surface area contributed by atoms with E-state index in [0.29, 0.717) is 6.42 Å². The molecule has 0 saturated carbocycles. The van der Waals surface area contributed by atoms with Gasteiger partial charge in [0, 0.05) is 6.04 Å². The first-order chi connectivity index (χ1) is 10.0. The molecule has 114 valence electrons. The smallest absolute Gasteiger partial charge is 0.239 e. The maximum absolute atomic E-state index is 11.9. The minimum atomic E-state index is -0.149. The molecule has 0 heterocycles. The number of amides is 2. The number of hydrogen-bond donors (Lipinski definition) is 2. The van der Waals surface area contributed by atoms with Gasteiger partial charge in [-0.25, -0.2) is 0 Å². The Morgan fingerprint density at radius 3 is 2.52 bits per heavy atom. The number of nitrogens with one attached hydrogen (secondary N) is 2. The van der Waals surface area contributed by atoms with Gasteiger partial charge in [0.15, 0.2) is 0 Å². The van der Waals surface area contributed by atoms with Crippen LogP contribution in [0.25, 0.3) is 0 Å². The molecule has 2 rings (SSSR count). The van der Waals surface area contributed by atoms with Crippen LogP contribution in [0.15, 0.2) is 18.2 Å². The fourth-order valence-corrected chi connectivity index (χ4v) is 2.70. The van der Waals surface area contributed by atoms with Crippen molar-refractivity contribution in [2.24, 2.45) is 0 Å². The van der Waals surface area contributed by atoms with Crippen molar-refractivity contribution in [1.82, 2.24) is 10.6 Å². The van der Waals surface area contributed by atoms with Crippen LogP contribution < -0.4 is 10.6 Å². The van der Waals surface area contributed by atoms with Crippen molar-refractivity contribution in [1.29, 1.82) is 0 Å². The number of carbonyl (C=O) groups is 2. The Morgan fingerprint density at radius 2 is 1.81 bits per heavy atom. The predicted molar refractivity (Wildman–Crippen MR) is 83.1 cm³/mol. The third kappa shape index (κ3) is 4.88. The lowest BCUT2D eigenvalue weighted by Gasteiger charge is -2.16. The summed E-state index contributed by atoms with van der Waals surface area (Å²) in [5.74, 6) is -0.256. The topological polar surface area (TPSA) is 58.2 Å². The van der Waals surface area contributed by atoms with Crippen molar-refractivity contribution in [2.75, 3.05) is 6.54 Å². The summed E-state index contributed by atoms with van der Waals surface area (Å²) in [6.45, 7) is 3.83. The largest absolute Gasteiger partial charge is 0.352 e. The van der Waals surface area contributed by atoms with Crippen LogP contribution >= 0.6 is 0 Å². The van der Waals surface area contributed by atoms with Crippen LogP contribution in [0.3, 0.4) is 0 Å². The van der Waals surface area contributed by atoms with E-state index in [2.05, 4.69) is 22.8 Å². The van der Waals surface area contributed by atoms with Gasteiger partial charge in [0.05, 0.1) is 13.0 Å². The summed E-state index contributed by atoms with van der Waals surface area (Å²) in [7, 11) is 0. The van der Waals surface area contributed by atoms with Crippen molar-refractivity contribution in [3.05, 3.63) is 34.9 Å². The molecule has 0 unspecified atom stereocenters. The van der Waals surface area contributed by atoms with E-state index in [1.54, 1.807) is 0 Å². The second-order valence-corrected chi connectivity index (χ2v) is 5.99. The highest BCUT2D eigenvalue weighted by Gasteiger charge is 2.12. The van der Waals surface area contributed by atoms with E-state index in [1.807, 2.05) is 19.9 Å². The molecule has 0 radical (unpaired) electrons. The van der Waals surface area contributed by atoms with E-state index in [9.17, 15) is 9.59 Å². The maximum Gasteiger partial charge on any atom is 0.239 e. The maximum atomic E-state index is 11.9. The van der Waals surface area contributed by atoms with Crippen LogP contribution in [0, 0.1) is 0 Å². The van der Waals surface area contributed by atoms with Gasteiger partial charge >= 0.3 is 0 Å². The summed E-state index contributed by atoms with van der Waals surface area (Å²) in [5.41, 5.74) is 3.82. The summed E-state index contributed by atoms with van der Waals surface area (Å²) in [4.78, 5) is 23.4. The number of fused-ring (bicyclic) bond motifs is 1. The Kier molecular flexibility index (Phi) is 5.37. The molecule has 2 N–H and O–H groups in total. The minimum absolute atomic E-state index is 0.0436. The minimum Gasteiger partial charge on any atom is -0.352 e. The van der Waals surface area contributed by atoms with Gasteiger partial charge in [-0.1, -0.05) is 18.2 Å². The van der Waals surface area contributed by atoms with Gasteiger partial charge in [0.25, 0.3) is 0 Å². The highest BCUT2D eigenvalue weighted by molar-refractivity contribution is 5.85. The van der Waals surface area contributed by atoms with Crippen LogP contribution in [0.2, 0.25) is 0 Å². The van der Waals surface area contributed by atoms with Crippen molar-refractivity contribution in [3.8, 4) is 0 Å². The van der Waals surface area contributed by atoms with Crippen molar-refractivity contribution in [2.45, 2.75) is 52.0 Å². The molecule has 1 aromatic rings. The van der Waals surface area contributed by atoms with E-state index >= 15 is 0 Å². The number of aryl methyl sites for hydroxylation is 2. The van der Waals surface area contributed by atoms with Crippen molar-refractivity contribution < 1.29 is 9.59 Å². The van der Waals surface area contributed by atoms with Crippen LogP contribution in [0.4, 0.5) is 0 Å². The Hall–Kier alpha value is -1.84. The van der Waals surface area contributed by atoms with E-state index in [-0.39, 0.29) is 24.4 Å². The number of rotatable bonds is 5. The first kappa shape index (κ1) is 15.5. The number of carbonyl (C=O) groups excluding carboxylic acids is 2. The third-order valence-electron chi connectivity index (χ3n) is 3.67. The second kappa shape index (κ2) is 7.25. The summed E-state index contributed by atoms with van der Waals surface area (Å²) in [5, 5.41) is 5.41. The molecule has 0 bridgehead atoms. The molecule has 0 fully saturated rings. The van der Waals surface area contributed by atoms with Crippen LogP contribution in [-0.2, 0) is 28.9 Å². The van der Waals surface area contributed by atoms with Crippen LogP contribution in [0.5, 0.6) is 0 Å². The van der Waals surface area contributed by atoms with E-state index in [1.165, 1.54) is 24.0 Å². The van der Waals surface area contributed by atoms with Crippen molar-refractivity contribution >= 4 is 11.8 Å². The Bertz CT molecular complexity index is 524. The molecular weight excluding hydrogens is 264 g/mol. The molecule has 4 heteroatoms. The predicted octanol–water partition coefficient (Wildman–Crippen LogP) is 1.75. The fraction of sp³-hybridized carbons (Fsp3) is 0.529. The standard InChI is InChI=1S/C17H24N2O2/c1-12(2)19-17(21)11-18-16(20)10-13-7-8-14-5-3-4-6-15(14)9-13/h7-9,12H,3-6,10-11H2,1-2H3,(H,18,20)(H,19,21). The van der Waals surface area contributed by atoms with Crippen molar-refractivity contribution in [3.63, 3.8) is 0 Å². The van der Waals surface area contributed by atoms with Gasteiger partial charge in [-0.3, -0.25) is 9.59 Å². The Labute approximate surface area is 126 Å². The van der Waals surface area contributed by atoms with Gasteiger partial charge in [-0.2, -0.15) is 0 Å². The Balaban J connectivity index is 1.84. The molecule has 1 aliphatic carbocycles. The molecule has 0 aliphatic heterocycles. The lowest BCUT2D eigenvalue weighted by atomic mass is 9.90. The van der Waals surface area contributed by atoms with E-state index < -0.39 is 0 Å². The zero-order valence-corrected chi connectivity index (χ0v) is 12.9. The second-order valence-electron chi connectivity index (χ2n) is 5.99. The summed E-state index contributed by atoms with van der Waals surface area (Å²) >= 11 is 0. The van der Waals surface area contributed by atoms with E-state index in [0.717, 1.165) is 18.4 Å². The SMILES string of the molecule is CC(C)NC(=O)CNC(=O)Cc1ccc2c(c1)CCCC2. The molecular formula is C17H24N2O2. The molecule has 1 aliphatic rings. The summed E-state index contributed by atoms with van der Waals surface area (Å²) < 4.78 is 0. The first-order valence-electron chi connectivity index (χ1n) is 7.71. The average molecular weight is 288 g/mol. The lowest BCUT2D eigenvalue weighted by Crippen LogP contribution is -2.40. The molecule has 2 amide bonds. The molecule has 1 aromatic carbocycles. The quantitative estimate of drug-likeness (QED) is 0.867. The first-order valence-corrected chi connectivity index (χ1v) is 7.71. The zero-order valence-electron chi connectivity index (χ0n) is 12.9. The molecule has 0 atom stereocenters. The number of benzene rings is 1. The van der Waals surface area contributed by atoms with Gasteiger partial charge in [0.2, 0.25) is 11.8 Å². The molecule has 0 spiro atoms. The zero-order chi connectivity index (χ0) is 15.2. The Morgan fingerprint density at radius 1 is 1.10 bits per heavy atom. The van der Waals surface area contributed by atoms with Crippen LogP contribution in [0.1, 0.15) is 43.4 Å².